The number of nitrogens with one attached hydrogen (secondary N) is 1. The van der Waals surface area contributed by atoms with E-state index in [0.717, 1.165) is 11.5 Å². The van der Waals surface area contributed by atoms with Gasteiger partial charge in [0.1, 0.15) is 11.5 Å². The van der Waals surface area contributed by atoms with Gasteiger partial charge in [0.2, 0.25) is 5.84 Å². The average molecular weight is 289 g/mol. The summed E-state index contributed by atoms with van der Waals surface area (Å²) in [4.78, 5) is 0. The summed E-state index contributed by atoms with van der Waals surface area (Å²) in [5, 5.41) is 3.50. The second-order valence-corrected chi connectivity index (χ2v) is 5.83. The molecule has 1 aromatic carbocycles. The molecule has 0 aliphatic carbocycles. The third kappa shape index (κ3) is 3.33. The van der Waals surface area contributed by atoms with Crippen molar-refractivity contribution in [3.8, 4) is 11.5 Å². The first-order valence-corrected chi connectivity index (χ1v) is 8.27. The SMILES string of the molecule is C1CCC2=[N+](CC1)CCCN2.c1ccc2c(c1)O[Si]O2. The van der Waals surface area contributed by atoms with Gasteiger partial charge in [0, 0.05) is 12.8 Å². The molecule has 1 aromatic rings. The van der Waals surface area contributed by atoms with Gasteiger partial charge in [0.05, 0.1) is 19.6 Å². The van der Waals surface area contributed by atoms with E-state index in [4.69, 9.17) is 8.85 Å². The molecule has 0 bridgehead atoms. The highest BCUT2D eigenvalue weighted by Crippen LogP contribution is 2.29. The Kier molecular flexibility index (Phi) is 4.58. The predicted octanol–water partition coefficient (Wildman–Crippen LogP) is 1.96. The summed E-state index contributed by atoms with van der Waals surface area (Å²) >= 11 is 0. The second-order valence-electron chi connectivity index (χ2n) is 5.26. The molecule has 0 amide bonds. The first kappa shape index (κ1) is 13.5. The summed E-state index contributed by atoms with van der Waals surface area (Å²) in [6, 6.07) is 7.65. The van der Waals surface area contributed by atoms with Crippen LogP contribution in [-0.2, 0) is 0 Å². The lowest BCUT2D eigenvalue weighted by molar-refractivity contribution is -0.534. The van der Waals surface area contributed by atoms with E-state index in [2.05, 4.69) is 9.89 Å². The molecule has 0 atom stereocenters. The molecule has 1 N–H and O–H groups in total. The van der Waals surface area contributed by atoms with Gasteiger partial charge in [-0.3, -0.25) is 9.89 Å². The molecular formula is C15H21N2O2Si+. The molecule has 4 nitrogen and oxygen atoms in total. The van der Waals surface area contributed by atoms with Crippen molar-refractivity contribution < 1.29 is 13.4 Å². The lowest BCUT2D eigenvalue weighted by Gasteiger charge is -2.14. The highest BCUT2D eigenvalue weighted by atomic mass is 28.3. The molecule has 5 heteroatoms. The van der Waals surface area contributed by atoms with Crippen LogP contribution in [0.3, 0.4) is 0 Å². The average Bonchev–Trinajstić information content (AvgIpc) is 2.85. The van der Waals surface area contributed by atoms with E-state index in [1.165, 1.54) is 57.6 Å². The molecule has 0 spiro atoms. The van der Waals surface area contributed by atoms with Crippen molar-refractivity contribution in [2.24, 2.45) is 0 Å². The normalized spacial score (nSPS) is 20.2. The van der Waals surface area contributed by atoms with Crippen LogP contribution in [0.4, 0.5) is 0 Å². The fraction of sp³-hybridized carbons (Fsp3) is 0.533. The Morgan fingerprint density at radius 2 is 1.70 bits per heavy atom. The maximum Gasteiger partial charge on any atom is 0.610 e. The number of hydrogen-bond acceptors (Lipinski definition) is 3. The Morgan fingerprint density at radius 3 is 2.50 bits per heavy atom. The van der Waals surface area contributed by atoms with E-state index < -0.39 is 0 Å². The van der Waals surface area contributed by atoms with Crippen LogP contribution in [-0.4, -0.2) is 40.1 Å². The third-order valence-corrected chi connectivity index (χ3v) is 4.42. The molecule has 4 rings (SSSR count). The fourth-order valence-corrected chi connectivity index (χ4v) is 3.30. The summed E-state index contributed by atoms with van der Waals surface area (Å²) in [6.45, 7) is 3.79. The quantitative estimate of drug-likeness (QED) is 0.585. The van der Waals surface area contributed by atoms with Crippen molar-refractivity contribution in [1.29, 1.82) is 0 Å². The second kappa shape index (κ2) is 6.79. The molecule has 0 saturated carbocycles. The molecule has 20 heavy (non-hydrogen) atoms. The maximum atomic E-state index is 5.10. The van der Waals surface area contributed by atoms with Crippen LogP contribution in [0.1, 0.15) is 32.1 Å². The van der Waals surface area contributed by atoms with Crippen LogP contribution >= 0.6 is 0 Å². The highest BCUT2D eigenvalue weighted by Gasteiger charge is 2.19. The summed E-state index contributed by atoms with van der Waals surface area (Å²) in [5.74, 6) is 3.24. The van der Waals surface area contributed by atoms with E-state index in [-0.39, 0.29) is 10.0 Å². The van der Waals surface area contributed by atoms with E-state index in [1.807, 2.05) is 24.3 Å². The number of nitrogens with zero attached hydrogens (tertiary/aromatic N) is 1. The van der Waals surface area contributed by atoms with Crippen LogP contribution in [0, 0.1) is 0 Å². The van der Waals surface area contributed by atoms with Crippen molar-refractivity contribution >= 4 is 15.8 Å². The maximum absolute atomic E-state index is 5.10. The predicted molar refractivity (Wildman–Crippen MR) is 79.5 cm³/mol. The molecule has 106 valence electrons. The van der Waals surface area contributed by atoms with E-state index in [9.17, 15) is 0 Å². The molecule has 3 heterocycles. The van der Waals surface area contributed by atoms with Crippen LogP contribution in [0.15, 0.2) is 24.3 Å². The Labute approximate surface area is 122 Å². The van der Waals surface area contributed by atoms with Gasteiger partial charge in [-0.1, -0.05) is 12.1 Å². The van der Waals surface area contributed by atoms with E-state index in [1.54, 1.807) is 0 Å². The highest BCUT2D eigenvalue weighted by molar-refractivity contribution is 6.22. The standard InChI is InChI=1S/C9H16N2.C6H4O2Si/c1-2-5-9-10-6-4-8-11(9)7-3-1;1-2-4-6-5(3-1)7-9-8-6/h1-8H2;1-4H/p+1. The molecule has 0 aromatic heterocycles. The Hall–Kier alpha value is -1.49. The minimum absolute atomic E-state index is 0.146. The van der Waals surface area contributed by atoms with Gasteiger partial charge < -0.3 is 8.85 Å². The number of rotatable bonds is 0. The van der Waals surface area contributed by atoms with Gasteiger partial charge in [0.25, 0.3) is 0 Å². The van der Waals surface area contributed by atoms with E-state index >= 15 is 0 Å². The van der Waals surface area contributed by atoms with Crippen LogP contribution in [0.5, 0.6) is 11.5 Å². The summed E-state index contributed by atoms with van der Waals surface area (Å²) in [7, 11) is 0.146. The van der Waals surface area contributed by atoms with Gasteiger partial charge in [-0.05, 0) is 31.4 Å². The zero-order valence-electron chi connectivity index (χ0n) is 11.7. The molecule has 0 fully saturated rings. The first-order valence-electron chi connectivity index (χ1n) is 7.46. The lowest BCUT2D eigenvalue weighted by Crippen LogP contribution is -2.40. The van der Waals surface area contributed by atoms with Gasteiger partial charge in [-0.15, -0.1) is 0 Å². The molecule has 2 radical (unpaired) electrons. The smallest absolute Gasteiger partial charge is 0.505 e. The Balaban J connectivity index is 0.000000123. The molecular weight excluding hydrogens is 268 g/mol. The van der Waals surface area contributed by atoms with Crippen molar-refractivity contribution in [3.05, 3.63) is 24.3 Å². The van der Waals surface area contributed by atoms with Crippen molar-refractivity contribution in [2.75, 3.05) is 19.6 Å². The lowest BCUT2D eigenvalue weighted by atomic mass is 10.2. The zero-order chi connectivity index (χ0) is 13.6. The minimum atomic E-state index is 0.146. The van der Waals surface area contributed by atoms with Crippen LogP contribution < -0.4 is 14.2 Å². The third-order valence-electron chi connectivity index (χ3n) is 3.81. The first-order chi connectivity index (χ1) is 9.93. The topological polar surface area (TPSA) is 33.5 Å². The fourth-order valence-electron chi connectivity index (χ4n) is 2.74. The summed E-state index contributed by atoms with van der Waals surface area (Å²) in [5.41, 5.74) is 0. The monoisotopic (exact) mass is 289 g/mol. The number of amidine groups is 1. The van der Waals surface area contributed by atoms with Gasteiger partial charge >= 0.3 is 10.0 Å². The molecule has 0 unspecified atom stereocenters. The zero-order valence-corrected chi connectivity index (χ0v) is 12.7. The number of para-hydroxylation sites is 2. The van der Waals surface area contributed by atoms with Crippen LogP contribution in [0.25, 0.3) is 0 Å². The van der Waals surface area contributed by atoms with Gasteiger partial charge in [-0.25, -0.2) is 0 Å². The van der Waals surface area contributed by atoms with Crippen LogP contribution in [0.2, 0.25) is 0 Å². The summed E-state index contributed by atoms with van der Waals surface area (Å²) in [6.07, 6.45) is 6.81. The van der Waals surface area contributed by atoms with E-state index in [0.29, 0.717) is 0 Å². The Morgan fingerprint density at radius 1 is 0.950 bits per heavy atom. The molecule has 3 aliphatic heterocycles. The minimum Gasteiger partial charge on any atom is -0.505 e. The number of hydrogen-bond donors (Lipinski definition) is 1. The van der Waals surface area contributed by atoms with Gasteiger partial charge in [0.15, 0.2) is 0 Å². The summed E-state index contributed by atoms with van der Waals surface area (Å²) < 4.78 is 12.7. The number of fused-ring (bicyclic) bond motifs is 1. The van der Waals surface area contributed by atoms with Crippen molar-refractivity contribution in [2.45, 2.75) is 32.1 Å². The largest absolute Gasteiger partial charge is 0.610 e. The van der Waals surface area contributed by atoms with Crippen molar-refractivity contribution in [3.63, 3.8) is 0 Å². The number of benzene rings is 1. The molecule has 0 saturated heterocycles. The van der Waals surface area contributed by atoms with Crippen molar-refractivity contribution in [1.82, 2.24) is 5.32 Å². The van der Waals surface area contributed by atoms with Gasteiger partial charge in [-0.2, -0.15) is 0 Å². The Bertz CT molecular complexity index is 450. The molecule has 3 aliphatic rings.